The molecule has 2 aromatic carbocycles. The summed E-state index contributed by atoms with van der Waals surface area (Å²) in [6.45, 7) is 7.45. The molecule has 0 heterocycles. The summed E-state index contributed by atoms with van der Waals surface area (Å²) in [5.74, 6) is 0. The number of rotatable bonds is 3. The molecule has 1 N–H and O–H groups in total. The van der Waals surface area contributed by atoms with Gasteiger partial charge in [-0.05, 0) is 56.7 Å². The van der Waals surface area contributed by atoms with Crippen molar-refractivity contribution in [2.45, 2.75) is 32.7 Å². The van der Waals surface area contributed by atoms with E-state index in [0.29, 0.717) is 0 Å². The van der Waals surface area contributed by atoms with Gasteiger partial charge in [-0.15, -0.1) is 0 Å². The van der Waals surface area contributed by atoms with Gasteiger partial charge in [0, 0.05) is 16.7 Å². The number of halogens is 2. The Morgan fingerprint density at radius 1 is 1.05 bits per heavy atom. The molecule has 0 aliphatic rings. The molecule has 2 rings (SSSR count). The van der Waals surface area contributed by atoms with E-state index in [1.165, 1.54) is 11.1 Å². The zero-order valence-corrected chi connectivity index (χ0v) is 14.3. The summed E-state index contributed by atoms with van der Waals surface area (Å²) < 4.78 is 0.932. The highest BCUT2D eigenvalue weighted by Gasteiger charge is 2.12. The van der Waals surface area contributed by atoms with Crippen LogP contribution in [0.1, 0.15) is 31.9 Å². The second-order valence-corrected chi connectivity index (χ2v) is 7.19. The number of hydrogen-bond donors (Lipinski definition) is 1. The SMILES string of the molecule is CC(C)(C)c1ccc(NCc2ccc(Cl)c(Br)c2)cc1. The third-order valence-electron chi connectivity index (χ3n) is 3.23. The van der Waals surface area contributed by atoms with Crippen LogP contribution >= 0.6 is 27.5 Å². The molecule has 2 aromatic rings. The Bertz CT molecular complexity index is 585. The summed E-state index contributed by atoms with van der Waals surface area (Å²) in [5, 5.41) is 4.16. The lowest BCUT2D eigenvalue weighted by molar-refractivity contribution is 0.590. The molecule has 0 fully saturated rings. The molecule has 0 atom stereocenters. The van der Waals surface area contributed by atoms with E-state index in [2.05, 4.69) is 66.3 Å². The first-order valence-electron chi connectivity index (χ1n) is 6.64. The van der Waals surface area contributed by atoms with Crippen LogP contribution in [0.5, 0.6) is 0 Å². The van der Waals surface area contributed by atoms with Gasteiger partial charge in [-0.3, -0.25) is 0 Å². The standard InChI is InChI=1S/C17H19BrClN/c1-17(2,3)13-5-7-14(8-6-13)20-11-12-4-9-16(19)15(18)10-12/h4-10,20H,11H2,1-3H3. The van der Waals surface area contributed by atoms with Gasteiger partial charge in [0.25, 0.3) is 0 Å². The Morgan fingerprint density at radius 3 is 2.25 bits per heavy atom. The van der Waals surface area contributed by atoms with Gasteiger partial charge in [0.15, 0.2) is 0 Å². The summed E-state index contributed by atoms with van der Waals surface area (Å²) in [5.41, 5.74) is 3.86. The highest BCUT2D eigenvalue weighted by molar-refractivity contribution is 9.10. The quantitative estimate of drug-likeness (QED) is 0.713. The fourth-order valence-corrected chi connectivity index (χ4v) is 2.49. The van der Waals surface area contributed by atoms with Gasteiger partial charge < -0.3 is 5.32 Å². The van der Waals surface area contributed by atoms with Crippen LogP contribution < -0.4 is 5.32 Å². The van der Waals surface area contributed by atoms with Crippen LogP contribution in [-0.4, -0.2) is 0 Å². The van der Waals surface area contributed by atoms with Crippen molar-refractivity contribution < 1.29 is 0 Å². The van der Waals surface area contributed by atoms with Gasteiger partial charge in [0.2, 0.25) is 0 Å². The lowest BCUT2D eigenvalue weighted by Gasteiger charge is -2.19. The molecule has 0 aromatic heterocycles. The minimum atomic E-state index is 0.194. The fraction of sp³-hybridized carbons (Fsp3) is 0.294. The van der Waals surface area contributed by atoms with Gasteiger partial charge in [0.1, 0.15) is 0 Å². The van der Waals surface area contributed by atoms with Gasteiger partial charge in [-0.25, -0.2) is 0 Å². The molecular formula is C17H19BrClN. The van der Waals surface area contributed by atoms with E-state index in [1.807, 2.05) is 18.2 Å². The van der Waals surface area contributed by atoms with Crippen LogP contribution in [0.2, 0.25) is 5.02 Å². The second-order valence-electron chi connectivity index (χ2n) is 5.93. The normalized spacial score (nSPS) is 11.4. The Balaban J connectivity index is 2.02. The van der Waals surface area contributed by atoms with Crippen molar-refractivity contribution in [1.29, 1.82) is 0 Å². The van der Waals surface area contributed by atoms with Crippen LogP contribution in [0, 0.1) is 0 Å². The first-order chi connectivity index (χ1) is 9.36. The lowest BCUT2D eigenvalue weighted by atomic mass is 9.87. The van der Waals surface area contributed by atoms with Crippen molar-refractivity contribution in [3.05, 3.63) is 63.1 Å². The van der Waals surface area contributed by atoms with Crippen LogP contribution in [0.15, 0.2) is 46.9 Å². The summed E-state index contributed by atoms with van der Waals surface area (Å²) in [4.78, 5) is 0. The Kier molecular flexibility index (Phi) is 4.77. The van der Waals surface area contributed by atoms with Gasteiger partial charge >= 0.3 is 0 Å². The van der Waals surface area contributed by atoms with Crippen molar-refractivity contribution >= 4 is 33.2 Å². The van der Waals surface area contributed by atoms with E-state index in [-0.39, 0.29) is 5.41 Å². The monoisotopic (exact) mass is 351 g/mol. The van der Waals surface area contributed by atoms with Crippen molar-refractivity contribution in [1.82, 2.24) is 0 Å². The third-order valence-corrected chi connectivity index (χ3v) is 4.45. The summed E-state index contributed by atoms with van der Waals surface area (Å²) in [6.07, 6.45) is 0. The Morgan fingerprint density at radius 2 is 1.70 bits per heavy atom. The lowest BCUT2D eigenvalue weighted by Crippen LogP contribution is -2.10. The Hall–Kier alpha value is -0.990. The summed E-state index contributed by atoms with van der Waals surface area (Å²) >= 11 is 9.43. The van der Waals surface area contributed by atoms with Crippen LogP contribution in [0.4, 0.5) is 5.69 Å². The van der Waals surface area contributed by atoms with Gasteiger partial charge in [-0.2, -0.15) is 0 Å². The molecule has 0 spiro atoms. The zero-order valence-electron chi connectivity index (χ0n) is 12.0. The largest absolute Gasteiger partial charge is 0.381 e. The maximum Gasteiger partial charge on any atom is 0.0548 e. The number of benzene rings is 2. The van der Waals surface area contributed by atoms with Crippen LogP contribution in [-0.2, 0) is 12.0 Å². The maximum atomic E-state index is 5.99. The molecule has 0 saturated carbocycles. The van der Waals surface area contributed by atoms with Crippen molar-refractivity contribution in [3.63, 3.8) is 0 Å². The Labute approximate surface area is 134 Å². The molecule has 0 radical (unpaired) electrons. The third kappa shape index (κ3) is 4.00. The summed E-state index contributed by atoms with van der Waals surface area (Å²) in [6, 6.07) is 14.6. The predicted molar refractivity (Wildman–Crippen MR) is 91.6 cm³/mol. The molecule has 0 unspecified atom stereocenters. The van der Waals surface area contributed by atoms with Crippen molar-refractivity contribution in [2.24, 2.45) is 0 Å². The minimum Gasteiger partial charge on any atom is -0.381 e. The smallest absolute Gasteiger partial charge is 0.0548 e. The van der Waals surface area contributed by atoms with E-state index < -0.39 is 0 Å². The maximum absolute atomic E-state index is 5.99. The molecule has 0 bridgehead atoms. The van der Waals surface area contributed by atoms with Crippen LogP contribution in [0.3, 0.4) is 0 Å². The van der Waals surface area contributed by atoms with Gasteiger partial charge in [0.05, 0.1) is 5.02 Å². The highest BCUT2D eigenvalue weighted by Crippen LogP contribution is 2.25. The fourth-order valence-electron chi connectivity index (χ4n) is 1.94. The molecule has 20 heavy (non-hydrogen) atoms. The number of hydrogen-bond acceptors (Lipinski definition) is 1. The van der Waals surface area contributed by atoms with Crippen molar-refractivity contribution in [2.75, 3.05) is 5.32 Å². The first kappa shape index (κ1) is 15.4. The van der Waals surface area contributed by atoms with E-state index in [4.69, 9.17) is 11.6 Å². The van der Waals surface area contributed by atoms with E-state index in [1.54, 1.807) is 0 Å². The summed E-state index contributed by atoms with van der Waals surface area (Å²) in [7, 11) is 0. The average Bonchev–Trinajstić information content (AvgIpc) is 2.40. The molecule has 0 aliphatic heterocycles. The van der Waals surface area contributed by atoms with Crippen molar-refractivity contribution in [3.8, 4) is 0 Å². The molecule has 1 nitrogen and oxygen atoms in total. The number of nitrogens with one attached hydrogen (secondary N) is 1. The van der Waals surface area contributed by atoms with E-state index >= 15 is 0 Å². The molecule has 106 valence electrons. The molecule has 0 aliphatic carbocycles. The topological polar surface area (TPSA) is 12.0 Å². The molecule has 3 heteroatoms. The van der Waals surface area contributed by atoms with Crippen LogP contribution in [0.25, 0.3) is 0 Å². The molecular weight excluding hydrogens is 334 g/mol. The molecule has 0 amide bonds. The second kappa shape index (κ2) is 6.19. The number of anilines is 1. The van der Waals surface area contributed by atoms with Gasteiger partial charge in [-0.1, -0.05) is 50.6 Å². The predicted octanol–water partition coefficient (Wildman–Crippen LogP) is 6.01. The first-order valence-corrected chi connectivity index (χ1v) is 7.82. The van der Waals surface area contributed by atoms with E-state index in [0.717, 1.165) is 21.7 Å². The molecule has 0 saturated heterocycles. The minimum absolute atomic E-state index is 0.194. The highest BCUT2D eigenvalue weighted by atomic mass is 79.9. The van der Waals surface area contributed by atoms with E-state index in [9.17, 15) is 0 Å². The zero-order chi connectivity index (χ0) is 14.8. The average molecular weight is 353 g/mol.